The van der Waals surface area contributed by atoms with E-state index in [1.54, 1.807) is 0 Å². The molecule has 1 aliphatic carbocycles. The van der Waals surface area contributed by atoms with Crippen molar-refractivity contribution in [2.45, 2.75) is 44.4 Å². The Morgan fingerprint density at radius 2 is 2.28 bits per heavy atom. The van der Waals surface area contributed by atoms with Crippen molar-refractivity contribution in [3.63, 3.8) is 0 Å². The van der Waals surface area contributed by atoms with Gasteiger partial charge in [-0.3, -0.25) is 4.79 Å². The zero-order valence-corrected chi connectivity index (χ0v) is 10.6. The average Bonchev–Trinajstić information content (AvgIpc) is 2.66. The van der Waals surface area contributed by atoms with Crippen LogP contribution in [0.4, 0.5) is 0 Å². The van der Waals surface area contributed by atoms with Gasteiger partial charge in [0.25, 0.3) is 0 Å². The minimum Gasteiger partial charge on any atom is -0.390 e. The zero-order valence-electron chi connectivity index (χ0n) is 10.6. The molecule has 1 aromatic rings. The van der Waals surface area contributed by atoms with E-state index in [9.17, 15) is 9.90 Å². The first-order valence-electron chi connectivity index (χ1n) is 6.45. The average molecular weight is 248 g/mol. The fourth-order valence-electron chi connectivity index (χ4n) is 2.45. The second kappa shape index (κ2) is 5.50. The Morgan fingerprint density at radius 3 is 3.00 bits per heavy atom. The van der Waals surface area contributed by atoms with Gasteiger partial charge in [-0.2, -0.15) is 0 Å². The molecule has 0 radical (unpaired) electrons. The van der Waals surface area contributed by atoms with E-state index in [2.05, 4.69) is 5.32 Å². The van der Waals surface area contributed by atoms with Gasteiger partial charge in [0.15, 0.2) is 0 Å². The van der Waals surface area contributed by atoms with Crippen molar-refractivity contribution in [3.05, 3.63) is 35.4 Å². The Labute approximate surface area is 107 Å². The van der Waals surface area contributed by atoms with Gasteiger partial charge < -0.3 is 16.2 Å². The summed E-state index contributed by atoms with van der Waals surface area (Å²) in [6.07, 6.45) is 1.57. The summed E-state index contributed by atoms with van der Waals surface area (Å²) in [5, 5.41) is 12.9. The van der Waals surface area contributed by atoms with Crippen LogP contribution in [0, 0.1) is 0 Å². The van der Waals surface area contributed by atoms with E-state index in [1.807, 2.05) is 31.2 Å². The van der Waals surface area contributed by atoms with E-state index in [0.29, 0.717) is 12.8 Å². The van der Waals surface area contributed by atoms with Crippen molar-refractivity contribution < 1.29 is 9.90 Å². The van der Waals surface area contributed by atoms with Gasteiger partial charge in [-0.05, 0) is 17.5 Å². The van der Waals surface area contributed by atoms with Gasteiger partial charge in [-0.15, -0.1) is 0 Å². The Hall–Kier alpha value is -1.39. The summed E-state index contributed by atoms with van der Waals surface area (Å²) in [4.78, 5) is 11.9. The van der Waals surface area contributed by atoms with Gasteiger partial charge in [-0.1, -0.05) is 37.6 Å². The zero-order chi connectivity index (χ0) is 13.1. The van der Waals surface area contributed by atoms with Crippen LogP contribution >= 0.6 is 0 Å². The molecule has 2 rings (SSSR count). The van der Waals surface area contributed by atoms with Gasteiger partial charge in [0, 0.05) is 6.42 Å². The fourth-order valence-corrected chi connectivity index (χ4v) is 2.45. The van der Waals surface area contributed by atoms with Crippen LogP contribution in [0.1, 0.15) is 36.9 Å². The predicted molar refractivity (Wildman–Crippen MR) is 69.9 cm³/mol. The SMILES string of the molecule is CCC[C@H](N)C(=O)N[C@H]1c2ccccc2C[C@H]1O. The number of carbonyl (C=O) groups is 1. The summed E-state index contributed by atoms with van der Waals surface area (Å²) in [5.41, 5.74) is 7.88. The van der Waals surface area contributed by atoms with Gasteiger partial charge in [-0.25, -0.2) is 0 Å². The standard InChI is InChI=1S/C14H20N2O2/c1-2-5-11(15)14(18)16-13-10-7-4-3-6-9(10)8-12(13)17/h3-4,6-7,11-13,17H,2,5,8,15H2,1H3,(H,16,18)/t11-,12+,13-/m0/s1. The Balaban J connectivity index is 2.08. The molecule has 3 atom stereocenters. The molecule has 4 N–H and O–H groups in total. The largest absolute Gasteiger partial charge is 0.390 e. The molecule has 1 amide bonds. The lowest BCUT2D eigenvalue weighted by Gasteiger charge is -2.20. The molecule has 0 aliphatic heterocycles. The monoisotopic (exact) mass is 248 g/mol. The van der Waals surface area contributed by atoms with Crippen molar-refractivity contribution in [3.8, 4) is 0 Å². The lowest BCUT2D eigenvalue weighted by Crippen LogP contribution is -2.44. The highest BCUT2D eigenvalue weighted by Gasteiger charge is 2.32. The summed E-state index contributed by atoms with van der Waals surface area (Å²) < 4.78 is 0. The van der Waals surface area contributed by atoms with Crippen molar-refractivity contribution in [1.29, 1.82) is 0 Å². The molecule has 1 aliphatic rings. The van der Waals surface area contributed by atoms with Crippen LogP contribution in [-0.4, -0.2) is 23.2 Å². The number of benzene rings is 1. The normalized spacial score (nSPS) is 23.5. The van der Waals surface area contributed by atoms with Gasteiger partial charge >= 0.3 is 0 Å². The second-order valence-electron chi connectivity index (χ2n) is 4.85. The van der Waals surface area contributed by atoms with Crippen LogP contribution in [-0.2, 0) is 11.2 Å². The number of hydrogen-bond acceptors (Lipinski definition) is 3. The van der Waals surface area contributed by atoms with Crippen LogP contribution < -0.4 is 11.1 Å². The maximum atomic E-state index is 11.9. The predicted octanol–water partition coefficient (Wildman–Crippen LogP) is 0.888. The van der Waals surface area contributed by atoms with Crippen LogP contribution in [0.2, 0.25) is 0 Å². The number of amides is 1. The summed E-state index contributed by atoms with van der Waals surface area (Å²) in [6.45, 7) is 1.99. The minimum atomic E-state index is -0.555. The molecule has 98 valence electrons. The summed E-state index contributed by atoms with van der Waals surface area (Å²) in [6, 6.07) is 6.98. The molecule has 4 nitrogen and oxygen atoms in total. The van der Waals surface area contributed by atoms with E-state index in [-0.39, 0.29) is 11.9 Å². The maximum absolute atomic E-state index is 11.9. The first-order chi connectivity index (χ1) is 8.63. The topological polar surface area (TPSA) is 75.4 Å². The van der Waals surface area contributed by atoms with Crippen molar-refractivity contribution >= 4 is 5.91 Å². The highest BCUT2D eigenvalue weighted by Crippen LogP contribution is 2.31. The van der Waals surface area contributed by atoms with Crippen LogP contribution in [0.3, 0.4) is 0 Å². The van der Waals surface area contributed by atoms with E-state index >= 15 is 0 Å². The second-order valence-corrected chi connectivity index (χ2v) is 4.85. The van der Waals surface area contributed by atoms with Gasteiger partial charge in [0.05, 0.1) is 18.2 Å². The molecule has 0 spiro atoms. The van der Waals surface area contributed by atoms with Gasteiger partial charge in [0.2, 0.25) is 5.91 Å². The summed E-state index contributed by atoms with van der Waals surface area (Å²) >= 11 is 0. The third-order valence-corrected chi connectivity index (χ3v) is 3.44. The van der Waals surface area contributed by atoms with Crippen molar-refractivity contribution in [2.75, 3.05) is 0 Å². The molecule has 18 heavy (non-hydrogen) atoms. The molecule has 0 aromatic heterocycles. The lowest BCUT2D eigenvalue weighted by atomic mass is 10.1. The number of hydrogen-bond donors (Lipinski definition) is 3. The molecule has 0 fully saturated rings. The number of carbonyl (C=O) groups excluding carboxylic acids is 1. The molecule has 0 unspecified atom stereocenters. The van der Waals surface area contributed by atoms with E-state index in [0.717, 1.165) is 17.5 Å². The first kappa shape index (κ1) is 13.1. The Morgan fingerprint density at radius 1 is 1.56 bits per heavy atom. The third-order valence-electron chi connectivity index (χ3n) is 3.44. The number of aliphatic hydroxyl groups excluding tert-OH is 1. The molecule has 0 saturated heterocycles. The molecule has 1 aromatic carbocycles. The summed E-state index contributed by atoms with van der Waals surface area (Å²) in [7, 11) is 0. The molecule has 4 heteroatoms. The van der Waals surface area contributed by atoms with Crippen LogP contribution in [0.25, 0.3) is 0 Å². The Kier molecular flexibility index (Phi) is 3.99. The fraction of sp³-hybridized carbons (Fsp3) is 0.500. The molecule has 0 heterocycles. The third kappa shape index (κ3) is 2.54. The van der Waals surface area contributed by atoms with E-state index < -0.39 is 12.1 Å². The van der Waals surface area contributed by atoms with Crippen LogP contribution in [0.5, 0.6) is 0 Å². The maximum Gasteiger partial charge on any atom is 0.237 e. The summed E-state index contributed by atoms with van der Waals surface area (Å²) in [5.74, 6) is -0.183. The number of nitrogens with two attached hydrogens (primary N) is 1. The molecule has 0 bridgehead atoms. The molecule has 0 saturated carbocycles. The lowest BCUT2D eigenvalue weighted by molar-refractivity contribution is -0.124. The highest BCUT2D eigenvalue weighted by molar-refractivity contribution is 5.82. The van der Waals surface area contributed by atoms with Gasteiger partial charge in [0.1, 0.15) is 0 Å². The number of nitrogens with one attached hydrogen (secondary N) is 1. The van der Waals surface area contributed by atoms with E-state index in [1.165, 1.54) is 0 Å². The van der Waals surface area contributed by atoms with Crippen LogP contribution in [0.15, 0.2) is 24.3 Å². The minimum absolute atomic E-state index is 0.183. The first-order valence-corrected chi connectivity index (χ1v) is 6.45. The molecular weight excluding hydrogens is 228 g/mol. The van der Waals surface area contributed by atoms with E-state index in [4.69, 9.17) is 5.73 Å². The van der Waals surface area contributed by atoms with Crippen molar-refractivity contribution in [2.24, 2.45) is 5.73 Å². The number of aliphatic hydroxyl groups is 1. The number of rotatable bonds is 4. The molecular formula is C14H20N2O2. The smallest absolute Gasteiger partial charge is 0.237 e. The number of fused-ring (bicyclic) bond motifs is 1. The van der Waals surface area contributed by atoms with Crippen molar-refractivity contribution in [1.82, 2.24) is 5.32 Å². The Bertz CT molecular complexity index is 434. The highest BCUT2D eigenvalue weighted by atomic mass is 16.3. The quantitative estimate of drug-likeness (QED) is 0.740.